The van der Waals surface area contributed by atoms with Crippen molar-refractivity contribution in [3.63, 3.8) is 0 Å². The van der Waals surface area contributed by atoms with E-state index >= 15 is 0 Å². The highest BCUT2D eigenvalue weighted by Gasteiger charge is 2.17. The molecule has 1 saturated carbocycles. The van der Waals surface area contributed by atoms with Crippen molar-refractivity contribution in [3.05, 3.63) is 0 Å². The molecule has 16 heavy (non-hydrogen) atoms. The summed E-state index contributed by atoms with van der Waals surface area (Å²) in [6, 6.07) is 0. The van der Waals surface area contributed by atoms with Gasteiger partial charge in [-0.3, -0.25) is 0 Å². The van der Waals surface area contributed by atoms with Gasteiger partial charge in [0.15, 0.2) is 0 Å². The summed E-state index contributed by atoms with van der Waals surface area (Å²) in [5.74, 6) is 2.01. The van der Waals surface area contributed by atoms with Gasteiger partial charge in [-0.05, 0) is 44.2 Å². The van der Waals surface area contributed by atoms with E-state index in [-0.39, 0.29) is 0 Å². The SMILES string of the molecule is CCCCCCNCCC1CCCC(C)C1. The summed E-state index contributed by atoms with van der Waals surface area (Å²) in [5, 5.41) is 3.61. The van der Waals surface area contributed by atoms with E-state index in [1.54, 1.807) is 0 Å². The Kier molecular flexibility index (Phi) is 7.92. The lowest BCUT2D eigenvalue weighted by Crippen LogP contribution is -2.22. The van der Waals surface area contributed by atoms with E-state index in [4.69, 9.17) is 0 Å². The summed E-state index contributed by atoms with van der Waals surface area (Å²) < 4.78 is 0. The second kappa shape index (κ2) is 9.04. The molecule has 0 spiro atoms. The summed E-state index contributed by atoms with van der Waals surface area (Å²) in [7, 11) is 0. The highest BCUT2D eigenvalue weighted by Crippen LogP contribution is 2.30. The standard InChI is InChI=1S/C15H31N/c1-3-4-5-6-11-16-12-10-15-9-7-8-14(2)13-15/h14-16H,3-13H2,1-2H3. The Morgan fingerprint density at radius 2 is 1.94 bits per heavy atom. The predicted octanol–water partition coefficient (Wildman–Crippen LogP) is 4.37. The van der Waals surface area contributed by atoms with Gasteiger partial charge in [0.25, 0.3) is 0 Å². The van der Waals surface area contributed by atoms with Crippen LogP contribution in [0.4, 0.5) is 0 Å². The molecule has 2 atom stereocenters. The Hall–Kier alpha value is -0.0400. The van der Waals surface area contributed by atoms with Gasteiger partial charge in [0.2, 0.25) is 0 Å². The molecule has 1 nitrogen and oxygen atoms in total. The van der Waals surface area contributed by atoms with E-state index in [1.165, 1.54) is 70.9 Å². The van der Waals surface area contributed by atoms with Crippen LogP contribution in [0.1, 0.15) is 71.6 Å². The van der Waals surface area contributed by atoms with Crippen LogP contribution in [0.3, 0.4) is 0 Å². The first-order valence-corrected chi connectivity index (χ1v) is 7.53. The first-order valence-electron chi connectivity index (χ1n) is 7.53. The number of hydrogen-bond donors (Lipinski definition) is 1. The van der Waals surface area contributed by atoms with E-state index in [2.05, 4.69) is 19.2 Å². The summed E-state index contributed by atoms with van der Waals surface area (Å²) in [5.41, 5.74) is 0. The van der Waals surface area contributed by atoms with E-state index < -0.39 is 0 Å². The van der Waals surface area contributed by atoms with E-state index in [9.17, 15) is 0 Å². The van der Waals surface area contributed by atoms with Crippen LogP contribution < -0.4 is 5.32 Å². The fraction of sp³-hybridized carbons (Fsp3) is 1.00. The maximum absolute atomic E-state index is 3.61. The van der Waals surface area contributed by atoms with Gasteiger partial charge in [0, 0.05) is 0 Å². The second-order valence-corrected chi connectivity index (χ2v) is 5.74. The van der Waals surface area contributed by atoms with Gasteiger partial charge < -0.3 is 5.32 Å². The molecule has 1 rings (SSSR count). The Balaban J connectivity index is 1.86. The van der Waals surface area contributed by atoms with Gasteiger partial charge in [-0.25, -0.2) is 0 Å². The number of nitrogens with one attached hydrogen (secondary N) is 1. The van der Waals surface area contributed by atoms with Crippen LogP contribution in [-0.2, 0) is 0 Å². The fourth-order valence-corrected chi connectivity index (χ4v) is 2.93. The van der Waals surface area contributed by atoms with Gasteiger partial charge in [-0.15, -0.1) is 0 Å². The largest absolute Gasteiger partial charge is 0.317 e. The molecule has 2 unspecified atom stereocenters. The van der Waals surface area contributed by atoms with Crippen molar-refractivity contribution in [1.82, 2.24) is 5.32 Å². The highest BCUT2D eigenvalue weighted by atomic mass is 14.8. The molecular weight excluding hydrogens is 194 g/mol. The zero-order valence-electron chi connectivity index (χ0n) is 11.4. The van der Waals surface area contributed by atoms with Crippen molar-refractivity contribution in [2.45, 2.75) is 71.6 Å². The fourth-order valence-electron chi connectivity index (χ4n) is 2.93. The van der Waals surface area contributed by atoms with E-state index in [0.717, 1.165) is 11.8 Å². The predicted molar refractivity (Wildman–Crippen MR) is 72.8 cm³/mol. The van der Waals surface area contributed by atoms with Crippen molar-refractivity contribution < 1.29 is 0 Å². The van der Waals surface area contributed by atoms with Gasteiger partial charge >= 0.3 is 0 Å². The lowest BCUT2D eigenvalue weighted by molar-refractivity contribution is 0.267. The van der Waals surface area contributed by atoms with Crippen LogP contribution in [0, 0.1) is 11.8 Å². The molecule has 0 radical (unpaired) electrons. The molecule has 1 aliphatic carbocycles. The van der Waals surface area contributed by atoms with E-state index in [1.807, 2.05) is 0 Å². The number of hydrogen-bond acceptors (Lipinski definition) is 1. The van der Waals surface area contributed by atoms with E-state index in [0.29, 0.717) is 0 Å². The zero-order chi connectivity index (χ0) is 11.6. The molecule has 0 heterocycles. The molecule has 0 aromatic heterocycles. The van der Waals surface area contributed by atoms with Crippen molar-refractivity contribution >= 4 is 0 Å². The summed E-state index contributed by atoms with van der Waals surface area (Å²) in [6.07, 6.45) is 12.9. The third kappa shape index (κ3) is 6.52. The minimum Gasteiger partial charge on any atom is -0.317 e. The first-order chi connectivity index (χ1) is 7.83. The Morgan fingerprint density at radius 1 is 1.06 bits per heavy atom. The van der Waals surface area contributed by atoms with Crippen molar-refractivity contribution in [3.8, 4) is 0 Å². The molecule has 0 bridgehead atoms. The maximum Gasteiger partial charge on any atom is -0.00463 e. The number of rotatable bonds is 8. The monoisotopic (exact) mass is 225 g/mol. The van der Waals surface area contributed by atoms with Crippen LogP contribution >= 0.6 is 0 Å². The van der Waals surface area contributed by atoms with Gasteiger partial charge in [0.1, 0.15) is 0 Å². The smallest absolute Gasteiger partial charge is 0.00463 e. The third-order valence-electron chi connectivity index (χ3n) is 3.98. The normalized spacial score (nSPS) is 25.9. The van der Waals surface area contributed by atoms with Crippen LogP contribution in [0.15, 0.2) is 0 Å². The molecule has 0 aliphatic heterocycles. The van der Waals surface area contributed by atoms with Crippen LogP contribution in [0.2, 0.25) is 0 Å². The Morgan fingerprint density at radius 3 is 2.69 bits per heavy atom. The molecule has 1 aliphatic rings. The molecular formula is C15H31N. The van der Waals surface area contributed by atoms with Crippen molar-refractivity contribution in [2.75, 3.05) is 13.1 Å². The second-order valence-electron chi connectivity index (χ2n) is 5.74. The summed E-state index contributed by atoms with van der Waals surface area (Å²) in [4.78, 5) is 0. The first kappa shape index (κ1) is 14.0. The molecule has 0 aromatic carbocycles. The van der Waals surface area contributed by atoms with Crippen LogP contribution in [0.25, 0.3) is 0 Å². The minimum absolute atomic E-state index is 0.989. The van der Waals surface area contributed by atoms with Crippen molar-refractivity contribution in [2.24, 2.45) is 11.8 Å². The summed E-state index contributed by atoms with van der Waals surface area (Å²) >= 11 is 0. The molecule has 96 valence electrons. The average molecular weight is 225 g/mol. The molecule has 0 aromatic rings. The number of unbranched alkanes of at least 4 members (excludes halogenated alkanes) is 3. The third-order valence-corrected chi connectivity index (χ3v) is 3.98. The minimum atomic E-state index is 0.989. The molecule has 1 heteroatoms. The lowest BCUT2D eigenvalue weighted by Gasteiger charge is -2.26. The lowest BCUT2D eigenvalue weighted by atomic mass is 9.81. The van der Waals surface area contributed by atoms with Crippen molar-refractivity contribution in [1.29, 1.82) is 0 Å². The summed E-state index contributed by atoms with van der Waals surface area (Å²) in [6.45, 7) is 7.19. The maximum atomic E-state index is 3.61. The average Bonchev–Trinajstić information content (AvgIpc) is 2.28. The Bertz CT molecular complexity index is 156. The van der Waals surface area contributed by atoms with Gasteiger partial charge in [-0.2, -0.15) is 0 Å². The van der Waals surface area contributed by atoms with Crippen LogP contribution in [0.5, 0.6) is 0 Å². The van der Waals surface area contributed by atoms with Gasteiger partial charge in [0.05, 0.1) is 0 Å². The molecule has 0 saturated heterocycles. The highest BCUT2D eigenvalue weighted by molar-refractivity contribution is 4.71. The quantitative estimate of drug-likeness (QED) is 0.605. The topological polar surface area (TPSA) is 12.0 Å². The Labute approximate surface area is 102 Å². The zero-order valence-corrected chi connectivity index (χ0v) is 11.4. The van der Waals surface area contributed by atoms with Gasteiger partial charge in [-0.1, -0.05) is 52.4 Å². The molecule has 1 N–H and O–H groups in total. The molecule has 1 fully saturated rings. The van der Waals surface area contributed by atoms with Crippen LogP contribution in [-0.4, -0.2) is 13.1 Å². The molecule has 0 amide bonds.